The molecule has 0 aliphatic carbocycles. The highest BCUT2D eigenvalue weighted by molar-refractivity contribution is 7.91. The molecule has 2 N–H and O–H groups in total. The molecular formula is C14H26N4O3S. The van der Waals surface area contributed by atoms with Crippen LogP contribution in [0.25, 0.3) is 0 Å². The number of hydrogen-bond donors (Lipinski definition) is 2. The number of carbonyl (C=O) groups is 1. The Bertz CT molecular complexity index is 554. The highest BCUT2D eigenvalue weighted by Crippen LogP contribution is 2.12. The predicted molar refractivity (Wildman–Crippen MR) is 85.3 cm³/mol. The minimum Gasteiger partial charge on any atom is -0.293 e. The fraction of sp³-hybridized carbons (Fsp3) is 0.786. The molecule has 1 aromatic heterocycles. The summed E-state index contributed by atoms with van der Waals surface area (Å²) < 4.78 is 24.1. The average molecular weight is 330 g/mol. The monoisotopic (exact) mass is 330 g/mol. The molecule has 0 bridgehead atoms. The van der Waals surface area contributed by atoms with E-state index < -0.39 is 9.84 Å². The first kappa shape index (κ1) is 18.6. The maximum atomic E-state index is 12.1. The topological polar surface area (TPSA) is 105 Å². The molecule has 126 valence electrons. The molecule has 0 fully saturated rings. The number of amides is 1. The summed E-state index contributed by atoms with van der Waals surface area (Å²) in [4.78, 5) is 14.6. The first-order valence-electron chi connectivity index (χ1n) is 7.88. The third kappa shape index (κ3) is 7.02. The summed E-state index contributed by atoms with van der Waals surface area (Å²) in [6.45, 7) is 3.50. The van der Waals surface area contributed by atoms with E-state index in [9.17, 15) is 13.2 Å². The molecule has 0 aromatic carbocycles. The van der Waals surface area contributed by atoms with Crippen LogP contribution in [-0.4, -0.2) is 35.3 Å². The molecule has 1 heterocycles. The molecule has 22 heavy (non-hydrogen) atoms. The van der Waals surface area contributed by atoms with E-state index >= 15 is 0 Å². The molecular weight excluding hydrogens is 304 g/mol. The van der Waals surface area contributed by atoms with Crippen LogP contribution >= 0.6 is 0 Å². The SMILES string of the molecule is CCCCCCCCCCS(=O)(=O)c1nc(NC(C)=O)n[nH]1. The number of nitrogens with zero attached hydrogens (tertiary/aromatic N) is 2. The molecule has 0 saturated heterocycles. The second kappa shape index (κ2) is 9.55. The van der Waals surface area contributed by atoms with Crippen LogP contribution in [0.15, 0.2) is 5.16 Å². The van der Waals surface area contributed by atoms with Crippen molar-refractivity contribution >= 4 is 21.7 Å². The zero-order chi connectivity index (χ0) is 16.4. The van der Waals surface area contributed by atoms with Crippen molar-refractivity contribution in [2.24, 2.45) is 0 Å². The van der Waals surface area contributed by atoms with Gasteiger partial charge in [-0.2, -0.15) is 4.98 Å². The molecule has 0 aliphatic rings. The van der Waals surface area contributed by atoms with E-state index in [4.69, 9.17) is 0 Å². The normalized spacial score (nSPS) is 11.5. The van der Waals surface area contributed by atoms with E-state index in [1.807, 2.05) is 0 Å². The Morgan fingerprint density at radius 3 is 2.27 bits per heavy atom. The summed E-state index contributed by atoms with van der Waals surface area (Å²) >= 11 is 0. The third-order valence-corrected chi connectivity index (χ3v) is 4.91. The number of aromatic amines is 1. The highest BCUT2D eigenvalue weighted by atomic mass is 32.2. The smallest absolute Gasteiger partial charge is 0.249 e. The van der Waals surface area contributed by atoms with Crippen LogP contribution in [-0.2, 0) is 14.6 Å². The van der Waals surface area contributed by atoms with Gasteiger partial charge in [-0.3, -0.25) is 10.1 Å². The number of nitrogens with one attached hydrogen (secondary N) is 2. The Morgan fingerprint density at radius 1 is 1.09 bits per heavy atom. The number of rotatable bonds is 11. The maximum absolute atomic E-state index is 12.1. The molecule has 0 saturated carbocycles. The van der Waals surface area contributed by atoms with Crippen molar-refractivity contribution in [2.75, 3.05) is 11.1 Å². The van der Waals surface area contributed by atoms with Gasteiger partial charge in [-0.25, -0.2) is 13.5 Å². The Labute approximate surface area is 132 Å². The van der Waals surface area contributed by atoms with Crippen LogP contribution in [0.2, 0.25) is 0 Å². The number of sulfone groups is 1. The lowest BCUT2D eigenvalue weighted by Crippen LogP contribution is -2.10. The summed E-state index contributed by atoms with van der Waals surface area (Å²) in [5.74, 6) is -0.301. The molecule has 0 spiro atoms. The summed E-state index contributed by atoms with van der Waals surface area (Å²) in [5.41, 5.74) is 0. The minimum absolute atomic E-state index is 0.0120. The van der Waals surface area contributed by atoms with Gasteiger partial charge in [0.2, 0.25) is 26.8 Å². The molecule has 0 aliphatic heterocycles. The van der Waals surface area contributed by atoms with Crippen molar-refractivity contribution < 1.29 is 13.2 Å². The van der Waals surface area contributed by atoms with Crippen molar-refractivity contribution in [2.45, 2.75) is 70.4 Å². The first-order valence-corrected chi connectivity index (χ1v) is 9.53. The van der Waals surface area contributed by atoms with E-state index in [2.05, 4.69) is 27.4 Å². The van der Waals surface area contributed by atoms with Crippen molar-refractivity contribution in [3.63, 3.8) is 0 Å². The Hall–Kier alpha value is -1.44. The Balaban J connectivity index is 2.29. The highest BCUT2D eigenvalue weighted by Gasteiger charge is 2.19. The number of unbranched alkanes of at least 4 members (excludes halogenated alkanes) is 7. The average Bonchev–Trinajstić information content (AvgIpc) is 2.90. The van der Waals surface area contributed by atoms with Crippen molar-refractivity contribution in [3.8, 4) is 0 Å². The molecule has 8 heteroatoms. The zero-order valence-electron chi connectivity index (χ0n) is 13.4. The van der Waals surface area contributed by atoms with Crippen LogP contribution in [0, 0.1) is 0 Å². The quantitative estimate of drug-likeness (QED) is 0.607. The van der Waals surface area contributed by atoms with Crippen LogP contribution in [0.5, 0.6) is 0 Å². The van der Waals surface area contributed by atoms with Crippen LogP contribution in [0.4, 0.5) is 5.95 Å². The molecule has 1 aromatic rings. The summed E-state index contributed by atoms with van der Waals surface area (Å²) in [5, 5.41) is 8.18. The van der Waals surface area contributed by atoms with Crippen molar-refractivity contribution in [1.29, 1.82) is 0 Å². The van der Waals surface area contributed by atoms with E-state index in [0.717, 1.165) is 19.3 Å². The molecule has 1 amide bonds. The number of carbonyl (C=O) groups excluding carboxylic acids is 1. The fourth-order valence-corrected chi connectivity index (χ4v) is 3.31. The molecule has 7 nitrogen and oxygen atoms in total. The number of anilines is 1. The van der Waals surface area contributed by atoms with Crippen LogP contribution in [0.1, 0.15) is 65.2 Å². The van der Waals surface area contributed by atoms with E-state index in [0.29, 0.717) is 6.42 Å². The summed E-state index contributed by atoms with van der Waals surface area (Å²) in [6.07, 6.45) is 8.74. The van der Waals surface area contributed by atoms with E-state index in [1.54, 1.807) is 0 Å². The van der Waals surface area contributed by atoms with Gasteiger partial charge in [-0.15, -0.1) is 5.10 Å². The maximum Gasteiger partial charge on any atom is 0.249 e. The zero-order valence-corrected chi connectivity index (χ0v) is 14.2. The molecule has 0 atom stereocenters. The molecule has 1 rings (SSSR count). The van der Waals surface area contributed by atoms with Gasteiger partial charge in [-0.05, 0) is 6.42 Å². The molecule has 0 unspecified atom stereocenters. The lowest BCUT2D eigenvalue weighted by Gasteiger charge is -2.02. The number of H-pyrrole nitrogens is 1. The van der Waals surface area contributed by atoms with Gasteiger partial charge < -0.3 is 0 Å². The molecule has 0 radical (unpaired) electrons. The van der Waals surface area contributed by atoms with Crippen LogP contribution < -0.4 is 5.32 Å². The Morgan fingerprint density at radius 2 is 1.68 bits per heavy atom. The van der Waals surface area contributed by atoms with E-state index in [1.165, 1.54) is 32.6 Å². The number of hydrogen-bond acceptors (Lipinski definition) is 5. The first-order chi connectivity index (χ1) is 10.5. The van der Waals surface area contributed by atoms with Gasteiger partial charge in [0.05, 0.1) is 5.75 Å². The van der Waals surface area contributed by atoms with Crippen LogP contribution in [0.3, 0.4) is 0 Å². The van der Waals surface area contributed by atoms with Gasteiger partial charge >= 0.3 is 0 Å². The standard InChI is InChI=1S/C14H26N4O3S/c1-3-4-5-6-7-8-9-10-11-22(20,21)14-16-13(17-18-14)15-12(2)19/h3-11H2,1-2H3,(H2,15,16,17,18,19). The van der Waals surface area contributed by atoms with Gasteiger partial charge in [-0.1, -0.05) is 51.9 Å². The van der Waals surface area contributed by atoms with Gasteiger partial charge in [0, 0.05) is 6.92 Å². The lowest BCUT2D eigenvalue weighted by molar-refractivity contribution is -0.114. The predicted octanol–water partition coefficient (Wildman–Crippen LogP) is 2.68. The van der Waals surface area contributed by atoms with Crippen molar-refractivity contribution in [3.05, 3.63) is 0 Å². The third-order valence-electron chi connectivity index (χ3n) is 3.31. The van der Waals surface area contributed by atoms with Gasteiger partial charge in [0.25, 0.3) is 0 Å². The fourth-order valence-electron chi connectivity index (χ4n) is 2.12. The number of aromatic nitrogens is 3. The summed E-state index contributed by atoms with van der Waals surface area (Å²) in [6, 6.07) is 0. The largest absolute Gasteiger partial charge is 0.293 e. The second-order valence-corrected chi connectivity index (χ2v) is 7.46. The van der Waals surface area contributed by atoms with E-state index in [-0.39, 0.29) is 22.8 Å². The van der Waals surface area contributed by atoms with Gasteiger partial charge in [0.1, 0.15) is 0 Å². The van der Waals surface area contributed by atoms with Gasteiger partial charge in [0.15, 0.2) is 0 Å². The van der Waals surface area contributed by atoms with Crippen molar-refractivity contribution in [1.82, 2.24) is 15.2 Å². The Kier molecular flexibility index (Phi) is 8.08. The summed E-state index contributed by atoms with van der Waals surface area (Å²) in [7, 11) is -3.46. The second-order valence-electron chi connectivity index (χ2n) is 5.44. The minimum atomic E-state index is -3.46. The lowest BCUT2D eigenvalue weighted by atomic mass is 10.1.